The smallest absolute Gasteiger partial charge is 0.210 e. The first kappa shape index (κ1) is 15.8. The summed E-state index contributed by atoms with van der Waals surface area (Å²) in [6.45, 7) is 0. The quantitative estimate of drug-likeness (QED) is 0.751. The molecule has 0 spiro atoms. The Kier molecular flexibility index (Phi) is 3.80. The molecule has 0 unspecified atom stereocenters. The van der Waals surface area contributed by atoms with Crippen LogP contribution in [0.4, 0.5) is 5.82 Å². The number of nitrogen functional groups attached to an aromatic ring is 1. The maximum Gasteiger partial charge on any atom is 0.210 e. The molecule has 1 aliphatic rings. The lowest BCUT2D eigenvalue weighted by molar-refractivity contribution is 0.597. The van der Waals surface area contributed by atoms with E-state index in [2.05, 4.69) is 21.3 Å². The SMILES string of the molecule is Nc1[nH]c2c(C3=CCCCC3)nncc2c1S(=O)(=O)c1ccccc1. The number of aromatic amines is 1. The van der Waals surface area contributed by atoms with Gasteiger partial charge < -0.3 is 10.7 Å². The van der Waals surface area contributed by atoms with Crippen molar-refractivity contribution in [3.05, 3.63) is 48.3 Å². The molecule has 25 heavy (non-hydrogen) atoms. The van der Waals surface area contributed by atoms with Crippen LogP contribution in [-0.2, 0) is 9.84 Å². The van der Waals surface area contributed by atoms with Crippen molar-refractivity contribution < 1.29 is 8.42 Å². The highest BCUT2D eigenvalue weighted by molar-refractivity contribution is 7.92. The maximum absolute atomic E-state index is 13.1. The van der Waals surface area contributed by atoms with Gasteiger partial charge in [-0.2, -0.15) is 5.10 Å². The van der Waals surface area contributed by atoms with Crippen LogP contribution in [0.15, 0.2) is 52.4 Å². The minimum absolute atomic E-state index is 0.0706. The fourth-order valence-corrected chi connectivity index (χ4v) is 4.84. The molecule has 0 saturated heterocycles. The van der Waals surface area contributed by atoms with E-state index in [-0.39, 0.29) is 15.6 Å². The molecule has 1 aliphatic carbocycles. The van der Waals surface area contributed by atoms with Crippen molar-refractivity contribution in [1.29, 1.82) is 0 Å². The molecule has 0 saturated carbocycles. The second-order valence-electron chi connectivity index (χ2n) is 6.14. The van der Waals surface area contributed by atoms with Gasteiger partial charge in [0.1, 0.15) is 16.4 Å². The van der Waals surface area contributed by atoms with Crippen LogP contribution in [0.3, 0.4) is 0 Å². The molecular formula is C18H18N4O2S. The number of nitrogens with two attached hydrogens (primary N) is 1. The highest BCUT2D eigenvalue weighted by atomic mass is 32.2. The number of benzene rings is 1. The molecule has 0 aliphatic heterocycles. The van der Waals surface area contributed by atoms with Crippen molar-refractivity contribution in [2.45, 2.75) is 35.5 Å². The van der Waals surface area contributed by atoms with Crippen LogP contribution in [0.1, 0.15) is 31.4 Å². The van der Waals surface area contributed by atoms with E-state index in [0.717, 1.165) is 31.3 Å². The number of nitrogens with one attached hydrogen (secondary N) is 1. The Balaban J connectivity index is 1.95. The summed E-state index contributed by atoms with van der Waals surface area (Å²) in [7, 11) is -3.74. The Hall–Kier alpha value is -2.67. The molecule has 0 radical (unpaired) electrons. The summed E-state index contributed by atoms with van der Waals surface area (Å²) in [6.07, 6.45) is 7.77. The Bertz CT molecular complexity index is 1070. The molecule has 1 aromatic carbocycles. The Morgan fingerprint density at radius 3 is 2.64 bits per heavy atom. The molecule has 0 fully saturated rings. The first-order valence-electron chi connectivity index (χ1n) is 8.21. The van der Waals surface area contributed by atoms with Gasteiger partial charge in [0.2, 0.25) is 9.84 Å². The molecule has 7 heteroatoms. The van der Waals surface area contributed by atoms with Gasteiger partial charge in [-0.05, 0) is 43.4 Å². The largest absolute Gasteiger partial charge is 0.384 e. The van der Waals surface area contributed by atoms with Gasteiger partial charge in [0, 0.05) is 5.39 Å². The third-order valence-corrected chi connectivity index (χ3v) is 6.39. The van der Waals surface area contributed by atoms with Crippen LogP contribution in [0.2, 0.25) is 0 Å². The summed E-state index contributed by atoms with van der Waals surface area (Å²) in [5.41, 5.74) is 8.48. The number of sulfone groups is 1. The second-order valence-corrected chi connectivity index (χ2v) is 8.03. The van der Waals surface area contributed by atoms with Gasteiger partial charge in [-0.15, -0.1) is 5.10 Å². The first-order chi connectivity index (χ1) is 12.1. The van der Waals surface area contributed by atoms with Gasteiger partial charge in [-0.1, -0.05) is 24.3 Å². The standard InChI is InChI=1S/C18H18N4O2S/c19-18-17(25(23,24)13-9-5-2-6-10-13)14-11-20-22-15(16(14)21-18)12-7-3-1-4-8-12/h2,5-7,9-11,21H,1,3-4,8,19H2. The molecule has 4 rings (SSSR count). The zero-order chi connectivity index (χ0) is 17.4. The predicted octanol–water partition coefficient (Wildman–Crippen LogP) is 3.33. The number of rotatable bonds is 3. The molecule has 0 amide bonds. The van der Waals surface area contributed by atoms with E-state index in [1.165, 1.54) is 6.20 Å². The van der Waals surface area contributed by atoms with Gasteiger partial charge in [0.05, 0.1) is 16.6 Å². The number of aromatic nitrogens is 3. The van der Waals surface area contributed by atoms with Gasteiger partial charge in [0.25, 0.3) is 0 Å². The van der Waals surface area contributed by atoms with E-state index in [9.17, 15) is 8.42 Å². The molecule has 0 bridgehead atoms. The van der Waals surface area contributed by atoms with Crippen molar-refractivity contribution in [3.63, 3.8) is 0 Å². The predicted molar refractivity (Wildman–Crippen MR) is 96.6 cm³/mol. The Morgan fingerprint density at radius 2 is 1.92 bits per heavy atom. The monoisotopic (exact) mass is 354 g/mol. The fourth-order valence-electron chi connectivity index (χ4n) is 3.31. The summed E-state index contributed by atoms with van der Waals surface area (Å²) >= 11 is 0. The maximum atomic E-state index is 13.1. The first-order valence-corrected chi connectivity index (χ1v) is 9.70. The summed E-state index contributed by atoms with van der Waals surface area (Å²) < 4.78 is 26.1. The van der Waals surface area contributed by atoms with Crippen molar-refractivity contribution >= 4 is 32.1 Å². The number of allylic oxidation sites excluding steroid dienone is 2. The van der Waals surface area contributed by atoms with Crippen LogP contribution in [0, 0.1) is 0 Å². The summed E-state index contributed by atoms with van der Waals surface area (Å²) in [5.74, 6) is 0.117. The zero-order valence-electron chi connectivity index (χ0n) is 13.6. The highest BCUT2D eigenvalue weighted by Gasteiger charge is 2.27. The molecule has 2 aromatic heterocycles. The van der Waals surface area contributed by atoms with Crippen LogP contribution in [-0.4, -0.2) is 23.6 Å². The molecule has 128 valence electrons. The molecular weight excluding hydrogens is 336 g/mol. The number of fused-ring (bicyclic) bond motifs is 1. The van der Waals surface area contributed by atoms with Gasteiger partial charge >= 0.3 is 0 Å². The Morgan fingerprint density at radius 1 is 1.12 bits per heavy atom. The van der Waals surface area contributed by atoms with E-state index in [4.69, 9.17) is 5.73 Å². The van der Waals surface area contributed by atoms with Crippen LogP contribution in [0.25, 0.3) is 16.5 Å². The average Bonchev–Trinajstić information content (AvgIpc) is 2.99. The number of anilines is 1. The van der Waals surface area contributed by atoms with Crippen molar-refractivity contribution in [3.8, 4) is 0 Å². The topological polar surface area (TPSA) is 102 Å². The van der Waals surface area contributed by atoms with E-state index in [0.29, 0.717) is 16.6 Å². The minimum atomic E-state index is -3.74. The van der Waals surface area contributed by atoms with Crippen LogP contribution < -0.4 is 5.73 Å². The van der Waals surface area contributed by atoms with E-state index in [1.54, 1.807) is 30.3 Å². The summed E-state index contributed by atoms with van der Waals surface area (Å²) in [5, 5.41) is 8.76. The van der Waals surface area contributed by atoms with Gasteiger partial charge in [-0.25, -0.2) is 8.42 Å². The van der Waals surface area contributed by atoms with E-state index >= 15 is 0 Å². The minimum Gasteiger partial charge on any atom is -0.384 e. The van der Waals surface area contributed by atoms with Crippen molar-refractivity contribution in [1.82, 2.24) is 15.2 Å². The molecule has 6 nitrogen and oxygen atoms in total. The Labute approximate surface area is 145 Å². The summed E-state index contributed by atoms with van der Waals surface area (Å²) in [6, 6.07) is 8.28. The second kappa shape index (κ2) is 6.00. The van der Waals surface area contributed by atoms with E-state index in [1.807, 2.05) is 0 Å². The fraction of sp³-hybridized carbons (Fsp3) is 0.222. The lowest BCUT2D eigenvalue weighted by Gasteiger charge is -2.12. The highest BCUT2D eigenvalue weighted by Crippen LogP contribution is 2.36. The van der Waals surface area contributed by atoms with Crippen LogP contribution >= 0.6 is 0 Å². The molecule has 0 atom stereocenters. The normalized spacial score (nSPS) is 15.3. The average molecular weight is 354 g/mol. The van der Waals surface area contributed by atoms with Crippen LogP contribution in [0.5, 0.6) is 0 Å². The molecule has 3 N–H and O–H groups in total. The van der Waals surface area contributed by atoms with Gasteiger partial charge in [-0.3, -0.25) is 0 Å². The molecule has 2 heterocycles. The van der Waals surface area contributed by atoms with E-state index < -0.39 is 9.84 Å². The number of hydrogen-bond donors (Lipinski definition) is 2. The zero-order valence-corrected chi connectivity index (χ0v) is 14.4. The lowest BCUT2D eigenvalue weighted by Crippen LogP contribution is -2.04. The summed E-state index contributed by atoms with van der Waals surface area (Å²) in [4.78, 5) is 3.30. The number of nitrogens with zero attached hydrogens (tertiary/aromatic N) is 2. The van der Waals surface area contributed by atoms with Crippen molar-refractivity contribution in [2.75, 3.05) is 5.73 Å². The third-order valence-electron chi connectivity index (χ3n) is 4.52. The van der Waals surface area contributed by atoms with Gasteiger partial charge in [0.15, 0.2) is 0 Å². The van der Waals surface area contributed by atoms with Crippen molar-refractivity contribution in [2.24, 2.45) is 0 Å². The third kappa shape index (κ3) is 2.60. The molecule has 3 aromatic rings. The number of H-pyrrole nitrogens is 1. The lowest BCUT2D eigenvalue weighted by atomic mass is 9.96. The number of hydrogen-bond acceptors (Lipinski definition) is 5.